The second-order valence-corrected chi connectivity index (χ2v) is 4.32. The van der Waals surface area contributed by atoms with E-state index in [2.05, 4.69) is 27.8 Å². The Hall–Kier alpha value is -1.27. The summed E-state index contributed by atoms with van der Waals surface area (Å²) in [5.74, 6) is 4.41. The molecule has 1 N–H and O–H groups in total. The van der Waals surface area contributed by atoms with Crippen LogP contribution in [0.3, 0.4) is 0 Å². The number of aliphatic carboxylic acids is 1. The van der Waals surface area contributed by atoms with Gasteiger partial charge in [-0.3, -0.25) is 4.79 Å². The van der Waals surface area contributed by atoms with Gasteiger partial charge in [0.2, 0.25) is 0 Å². The van der Waals surface area contributed by atoms with Crippen molar-refractivity contribution in [2.45, 2.75) is 25.7 Å². The topological polar surface area (TPSA) is 37.3 Å². The van der Waals surface area contributed by atoms with Crippen LogP contribution in [0.25, 0.3) is 0 Å². The summed E-state index contributed by atoms with van der Waals surface area (Å²) in [6.45, 7) is 1.76. The molecule has 16 heavy (non-hydrogen) atoms. The fraction of sp³-hybridized carbons (Fsp3) is 0.308. The van der Waals surface area contributed by atoms with Gasteiger partial charge in [0.05, 0.1) is 5.92 Å². The molecule has 1 unspecified atom stereocenters. The second-order valence-electron chi connectivity index (χ2n) is 3.41. The van der Waals surface area contributed by atoms with E-state index in [4.69, 9.17) is 5.11 Å². The number of hydrogen-bond donors (Lipinski definition) is 1. The molecular formula is C13H13BrO2. The van der Waals surface area contributed by atoms with Crippen molar-refractivity contribution in [3.05, 3.63) is 34.3 Å². The summed E-state index contributed by atoms with van der Waals surface area (Å²) >= 11 is 3.33. The van der Waals surface area contributed by atoms with E-state index in [9.17, 15) is 4.79 Å². The maximum Gasteiger partial charge on any atom is 0.311 e. The van der Waals surface area contributed by atoms with Crippen LogP contribution in [0.2, 0.25) is 0 Å². The van der Waals surface area contributed by atoms with E-state index in [1.165, 1.54) is 0 Å². The van der Waals surface area contributed by atoms with Crippen molar-refractivity contribution in [2.24, 2.45) is 0 Å². The van der Waals surface area contributed by atoms with Crippen LogP contribution in [0.5, 0.6) is 0 Å². The highest BCUT2D eigenvalue weighted by atomic mass is 79.9. The fourth-order valence-electron chi connectivity index (χ4n) is 1.47. The number of halogens is 1. The minimum atomic E-state index is -0.791. The lowest BCUT2D eigenvalue weighted by molar-refractivity contribution is -0.138. The van der Waals surface area contributed by atoms with Crippen LogP contribution in [-0.2, 0) is 4.79 Å². The van der Waals surface area contributed by atoms with Gasteiger partial charge in [0.1, 0.15) is 0 Å². The molecule has 0 fully saturated rings. The van der Waals surface area contributed by atoms with Gasteiger partial charge >= 0.3 is 5.97 Å². The van der Waals surface area contributed by atoms with Crippen molar-refractivity contribution in [2.75, 3.05) is 0 Å². The Morgan fingerprint density at radius 2 is 2.06 bits per heavy atom. The van der Waals surface area contributed by atoms with Crippen molar-refractivity contribution in [3.63, 3.8) is 0 Å². The minimum Gasteiger partial charge on any atom is -0.481 e. The Morgan fingerprint density at radius 1 is 1.44 bits per heavy atom. The predicted octanol–water partition coefficient (Wildman–Crippen LogP) is 3.42. The first kappa shape index (κ1) is 12.8. The molecule has 0 heterocycles. The van der Waals surface area contributed by atoms with Crippen molar-refractivity contribution in [1.29, 1.82) is 0 Å². The summed E-state index contributed by atoms with van der Waals surface area (Å²) in [5, 5.41) is 9.14. The molecule has 0 aromatic heterocycles. The summed E-state index contributed by atoms with van der Waals surface area (Å²) < 4.78 is 0.953. The highest BCUT2D eigenvalue weighted by molar-refractivity contribution is 9.10. The van der Waals surface area contributed by atoms with E-state index < -0.39 is 11.9 Å². The van der Waals surface area contributed by atoms with Crippen molar-refractivity contribution in [3.8, 4) is 11.8 Å². The lowest BCUT2D eigenvalue weighted by atomic mass is 9.94. The zero-order valence-electron chi connectivity index (χ0n) is 9.03. The first-order chi connectivity index (χ1) is 7.65. The molecule has 1 rings (SSSR count). The van der Waals surface area contributed by atoms with Gasteiger partial charge in [-0.25, -0.2) is 0 Å². The molecule has 1 aromatic carbocycles. The lowest BCUT2D eigenvalue weighted by Crippen LogP contribution is -2.11. The molecule has 0 amide bonds. The number of carboxylic acid groups (broad SMARTS) is 1. The summed E-state index contributed by atoms with van der Waals surface area (Å²) in [5.41, 5.74) is 0.827. The minimum absolute atomic E-state index is 0.464. The van der Waals surface area contributed by atoms with Gasteiger partial charge in [-0.05, 0) is 31.0 Å². The van der Waals surface area contributed by atoms with Crippen LogP contribution >= 0.6 is 15.9 Å². The first-order valence-electron chi connectivity index (χ1n) is 5.03. The smallest absolute Gasteiger partial charge is 0.311 e. The van der Waals surface area contributed by atoms with Crippen molar-refractivity contribution < 1.29 is 9.90 Å². The molecule has 1 aromatic rings. The van der Waals surface area contributed by atoms with Crippen LogP contribution in [0.4, 0.5) is 0 Å². The third-order valence-corrected chi connectivity index (χ3v) is 2.83. The van der Waals surface area contributed by atoms with Gasteiger partial charge in [-0.2, -0.15) is 0 Å². The first-order valence-corrected chi connectivity index (χ1v) is 5.82. The maximum absolute atomic E-state index is 11.1. The van der Waals surface area contributed by atoms with Crippen molar-refractivity contribution >= 4 is 21.9 Å². The van der Waals surface area contributed by atoms with Gasteiger partial charge < -0.3 is 5.11 Å². The average Bonchev–Trinajstić information content (AvgIpc) is 2.26. The second kappa shape index (κ2) is 6.34. The number of rotatable bonds is 4. The average molecular weight is 281 g/mol. The fourth-order valence-corrected chi connectivity index (χ4v) is 1.73. The highest BCUT2D eigenvalue weighted by Gasteiger charge is 2.18. The molecule has 0 aliphatic carbocycles. The molecule has 0 spiro atoms. The third-order valence-electron chi connectivity index (χ3n) is 2.31. The zero-order chi connectivity index (χ0) is 12.0. The monoisotopic (exact) mass is 280 g/mol. The van der Waals surface area contributed by atoms with E-state index >= 15 is 0 Å². The summed E-state index contributed by atoms with van der Waals surface area (Å²) in [7, 11) is 0. The molecule has 84 valence electrons. The van der Waals surface area contributed by atoms with Gasteiger partial charge in [-0.15, -0.1) is 11.8 Å². The van der Waals surface area contributed by atoms with E-state index in [-0.39, 0.29) is 0 Å². The molecule has 0 bridgehead atoms. The molecule has 0 saturated carbocycles. The van der Waals surface area contributed by atoms with E-state index in [1.54, 1.807) is 6.92 Å². The molecule has 0 aliphatic rings. The Balaban J connectivity index is 2.79. The Morgan fingerprint density at radius 3 is 2.56 bits per heavy atom. The Labute approximate surface area is 104 Å². The quantitative estimate of drug-likeness (QED) is 0.858. The molecule has 0 saturated heterocycles. The van der Waals surface area contributed by atoms with E-state index in [0.29, 0.717) is 12.8 Å². The van der Waals surface area contributed by atoms with Gasteiger partial charge in [0, 0.05) is 10.9 Å². The normalized spacial score (nSPS) is 11.4. The number of carboxylic acids is 1. The summed E-state index contributed by atoms with van der Waals surface area (Å²) in [6, 6.07) is 7.39. The summed E-state index contributed by atoms with van der Waals surface area (Å²) in [6.07, 6.45) is 1.17. The van der Waals surface area contributed by atoms with Crippen LogP contribution in [-0.4, -0.2) is 11.1 Å². The van der Waals surface area contributed by atoms with Crippen LogP contribution in [0, 0.1) is 11.8 Å². The third kappa shape index (κ3) is 3.71. The van der Waals surface area contributed by atoms with Crippen LogP contribution in [0.15, 0.2) is 28.7 Å². The van der Waals surface area contributed by atoms with Crippen LogP contribution in [0.1, 0.15) is 31.2 Å². The van der Waals surface area contributed by atoms with Crippen molar-refractivity contribution in [1.82, 2.24) is 0 Å². The predicted molar refractivity (Wildman–Crippen MR) is 67.2 cm³/mol. The Bertz CT molecular complexity index is 412. The van der Waals surface area contributed by atoms with E-state index in [0.717, 1.165) is 10.0 Å². The molecule has 3 heteroatoms. The van der Waals surface area contributed by atoms with Gasteiger partial charge in [-0.1, -0.05) is 28.1 Å². The molecular weight excluding hydrogens is 268 g/mol. The highest BCUT2D eigenvalue weighted by Crippen LogP contribution is 2.23. The largest absolute Gasteiger partial charge is 0.481 e. The molecule has 1 atom stereocenters. The SMILES string of the molecule is CC#CCCC(C(=O)O)c1ccc(Br)cc1. The maximum atomic E-state index is 11.1. The molecule has 0 aliphatic heterocycles. The number of benzene rings is 1. The van der Waals surface area contributed by atoms with E-state index in [1.807, 2.05) is 24.3 Å². The summed E-state index contributed by atoms with van der Waals surface area (Å²) in [4.78, 5) is 11.1. The zero-order valence-corrected chi connectivity index (χ0v) is 10.6. The number of carbonyl (C=O) groups is 1. The van der Waals surface area contributed by atoms with Gasteiger partial charge in [0.25, 0.3) is 0 Å². The molecule has 0 radical (unpaired) electrons. The Kier molecular flexibility index (Phi) is 5.07. The number of hydrogen-bond acceptors (Lipinski definition) is 1. The van der Waals surface area contributed by atoms with Gasteiger partial charge in [0.15, 0.2) is 0 Å². The standard InChI is InChI=1S/C13H13BrO2/c1-2-3-4-5-12(13(15)16)10-6-8-11(14)9-7-10/h6-9,12H,4-5H2,1H3,(H,15,16). The molecule has 2 nitrogen and oxygen atoms in total. The lowest BCUT2D eigenvalue weighted by Gasteiger charge is -2.10. The van der Waals surface area contributed by atoms with Crippen LogP contribution < -0.4 is 0 Å².